The van der Waals surface area contributed by atoms with Crippen molar-refractivity contribution in [3.63, 3.8) is 0 Å². The molecule has 7 nitrogen and oxygen atoms in total. The van der Waals surface area contributed by atoms with Gasteiger partial charge in [-0.25, -0.2) is 4.98 Å². The zero-order valence-corrected chi connectivity index (χ0v) is 21.6. The van der Waals surface area contributed by atoms with Crippen LogP contribution >= 0.6 is 0 Å². The molecule has 0 bridgehead atoms. The predicted octanol–water partition coefficient (Wildman–Crippen LogP) is 4.83. The minimum absolute atomic E-state index is 0.115. The van der Waals surface area contributed by atoms with E-state index >= 15 is 0 Å². The number of hydrogen-bond donors (Lipinski definition) is 1. The predicted molar refractivity (Wildman–Crippen MR) is 140 cm³/mol. The summed E-state index contributed by atoms with van der Waals surface area (Å²) in [5.74, 6) is 1.50. The standard InChI is InChI=1S/C28H38N4O3/c1-6-20(3)32(21(4)7-2)27(33)19-31-25-15-9-8-14-24(25)30-26(31)16-11-17-29-28(34)22-12-10-13-23(18-22)35-5/h8-10,12-15,18,20-21H,6-7,11,16-17,19H2,1-5H3,(H,29,34). The van der Waals surface area contributed by atoms with Gasteiger partial charge in [-0.3, -0.25) is 9.59 Å². The van der Waals surface area contributed by atoms with Crippen LogP contribution in [0.2, 0.25) is 0 Å². The molecule has 0 saturated carbocycles. The van der Waals surface area contributed by atoms with Crippen LogP contribution < -0.4 is 10.1 Å². The summed E-state index contributed by atoms with van der Waals surface area (Å²) in [7, 11) is 1.58. The van der Waals surface area contributed by atoms with E-state index in [1.54, 1.807) is 25.3 Å². The van der Waals surface area contributed by atoms with Gasteiger partial charge >= 0.3 is 0 Å². The van der Waals surface area contributed by atoms with Gasteiger partial charge in [-0.15, -0.1) is 0 Å². The Balaban J connectivity index is 1.71. The maximum absolute atomic E-state index is 13.4. The number of amides is 2. The van der Waals surface area contributed by atoms with Gasteiger partial charge in [0.05, 0.1) is 18.1 Å². The molecule has 0 fully saturated rings. The second-order valence-electron chi connectivity index (χ2n) is 9.01. The lowest BCUT2D eigenvalue weighted by Gasteiger charge is -2.34. The third-order valence-electron chi connectivity index (χ3n) is 6.64. The summed E-state index contributed by atoms with van der Waals surface area (Å²) in [5.41, 5.74) is 2.41. The molecular formula is C28H38N4O3. The Morgan fingerprint density at radius 1 is 1.06 bits per heavy atom. The van der Waals surface area contributed by atoms with Crippen molar-refractivity contribution in [3.8, 4) is 5.75 Å². The number of para-hydroxylation sites is 2. The van der Waals surface area contributed by atoms with Gasteiger partial charge in [-0.2, -0.15) is 0 Å². The smallest absolute Gasteiger partial charge is 0.251 e. The zero-order valence-electron chi connectivity index (χ0n) is 21.6. The molecule has 0 aliphatic rings. The molecule has 2 aromatic carbocycles. The van der Waals surface area contributed by atoms with Crippen LogP contribution in [-0.4, -0.2) is 52.0 Å². The van der Waals surface area contributed by atoms with Crippen molar-refractivity contribution in [2.75, 3.05) is 13.7 Å². The largest absolute Gasteiger partial charge is 0.497 e. The summed E-state index contributed by atoms with van der Waals surface area (Å²) in [6.07, 6.45) is 3.21. The second kappa shape index (κ2) is 12.4. The molecule has 2 atom stereocenters. The molecule has 188 valence electrons. The molecular weight excluding hydrogens is 440 g/mol. The van der Waals surface area contributed by atoms with Crippen molar-refractivity contribution in [1.29, 1.82) is 0 Å². The van der Waals surface area contributed by atoms with Crippen LogP contribution in [0.1, 0.15) is 63.1 Å². The first-order chi connectivity index (χ1) is 16.9. The number of carbonyl (C=O) groups is 2. The van der Waals surface area contributed by atoms with Gasteiger partial charge in [0, 0.05) is 30.6 Å². The highest BCUT2D eigenvalue weighted by Crippen LogP contribution is 2.20. The third-order valence-corrected chi connectivity index (χ3v) is 6.64. The number of methoxy groups -OCH3 is 1. The Kier molecular flexibility index (Phi) is 9.29. The highest BCUT2D eigenvalue weighted by atomic mass is 16.5. The van der Waals surface area contributed by atoms with Crippen LogP contribution in [-0.2, 0) is 17.8 Å². The van der Waals surface area contributed by atoms with Crippen molar-refractivity contribution in [1.82, 2.24) is 19.8 Å². The number of aromatic nitrogens is 2. The maximum Gasteiger partial charge on any atom is 0.251 e. The first-order valence-electron chi connectivity index (χ1n) is 12.6. The number of aryl methyl sites for hydroxylation is 1. The Hall–Kier alpha value is -3.35. The van der Waals surface area contributed by atoms with Crippen LogP contribution in [0.3, 0.4) is 0 Å². The van der Waals surface area contributed by atoms with Crippen molar-refractivity contribution in [2.24, 2.45) is 0 Å². The molecule has 1 aromatic heterocycles. The Labute approximate surface area is 208 Å². The van der Waals surface area contributed by atoms with E-state index in [0.29, 0.717) is 30.7 Å². The van der Waals surface area contributed by atoms with Gasteiger partial charge in [0.15, 0.2) is 0 Å². The molecule has 1 heterocycles. The number of nitrogens with one attached hydrogen (secondary N) is 1. The highest BCUT2D eigenvalue weighted by molar-refractivity contribution is 5.94. The molecule has 0 aliphatic heterocycles. The summed E-state index contributed by atoms with van der Waals surface area (Å²) in [5, 5.41) is 2.97. The summed E-state index contributed by atoms with van der Waals surface area (Å²) >= 11 is 0. The quantitative estimate of drug-likeness (QED) is 0.378. The van der Waals surface area contributed by atoms with Gasteiger partial charge in [-0.1, -0.05) is 32.0 Å². The normalized spacial score (nSPS) is 12.8. The summed E-state index contributed by atoms with van der Waals surface area (Å²) in [6.45, 7) is 9.24. The molecule has 1 N–H and O–H groups in total. The average Bonchev–Trinajstić information content (AvgIpc) is 3.23. The molecule has 0 aliphatic carbocycles. The third kappa shape index (κ3) is 6.41. The summed E-state index contributed by atoms with van der Waals surface area (Å²) in [6, 6.07) is 15.4. The van der Waals surface area contributed by atoms with Crippen LogP contribution in [0.15, 0.2) is 48.5 Å². The minimum atomic E-state index is -0.134. The van der Waals surface area contributed by atoms with Crippen molar-refractivity contribution >= 4 is 22.8 Å². The van der Waals surface area contributed by atoms with Crippen molar-refractivity contribution in [3.05, 3.63) is 59.9 Å². The number of carbonyl (C=O) groups excluding carboxylic acids is 2. The van der Waals surface area contributed by atoms with Crippen LogP contribution in [0.5, 0.6) is 5.75 Å². The molecule has 7 heteroatoms. The first-order valence-corrected chi connectivity index (χ1v) is 12.6. The first kappa shape index (κ1) is 26.3. The molecule has 2 unspecified atom stereocenters. The number of imidazole rings is 1. The fraction of sp³-hybridized carbons (Fsp3) is 0.464. The average molecular weight is 479 g/mol. The Morgan fingerprint density at radius 3 is 2.46 bits per heavy atom. The van der Waals surface area contributed by atoms with E-state index in [0.717, 1.165) is 29.7 Å². The summed E-state index contributed by atoms with van der Waals surface area (Å²) in [4.78, 5) is 32.8. The van der Waals surface area contributed by atoms with Crippen molar-refractivity contribution < 1.29 is 14.3 Å². The van der Waals surface area contributed by atoms with E-state index in [1.807, 2.05) is 39.8 Å². The molecule has 0 saturated heterocycles. The number of benzene rings is 2. The molecule has 3 aromatic rings. The monoisotopic (exact) mass is 478 g/mol. The lowest BCUT2D eigenvalue weighted by molar-refractivity contribution is -0.136. The maximum atomic E-state index is 13.4. The Morgan fingerprint density at radius 2 is 1.77 bits per heavy atom. The van der Waals surface area contributed by atoms with Gasteiger partial charge in [0.25, 0.3) is 5.91 Å². The zero-order chi connectivity index (χ0) is 25.4. The van der Waals surface area contributed by atoms with Gasteiger partial charge in [0.2, 0.25) is 5.91 Å². The van der Waals surface area contributed by atoms with Crippen LogP contribution in [0.4, 0.5) is 0 Å². The molecule has 0 radical (unpaired) electrons. The van der Waals surface area contributed by atoms with E-state index in [-0.39, 0.29) is 30.4 Å². The number of fused-ring (bicyclic) bond motifs is 1. The Bertz CT molecular complexity index is 1130. The molecule has 35 heavy (non-hydrogen) atoms. The van der Waals surface area contributed by atoms with E-state index in [4.69, 9.17) is 9.72 Å². The highest BCUT2D eigenvalue weighted by Gasteiger charge is 2.25. The topological polar surface area (TPSA) is 76.5 Å². The van der Waals surface area contributed by atoms with Crippen LogP contribution in [0.25, 0.3) is 11.0 Å². The molecule has 3 rings (SSSR count). The number of hydrogen-bond acceptors (Lipinski definition) is 4. The van der Waals surface area contributed by atoms with Crippen LogP contribution in [0, 0.1) is 0 Å². The molecule has 0 spiro atoms. The number of nitrogens with zero attached hydrogens (tertiary/aromatic N) is 3. The fourth-order valence-corrected chi connectivity index (χ4v) is 4.34. The lowest BCUT2D eigenvalue weighted by atomic mass is 10.1. The van der Waals surface area contributed by atoms with Gasteiger partial charge in [-0.05, 0) is 63.4 Å². The van der Waals surface area contributed by atoms with E-state index in [1.165, 1.54) is 0 Å². The van der Waals surface area contributed by atoms with Gasteiger partial charge < -0.3 is 19.5 Å². The van der Waals surface area contributed by atoms with Gasteiger partial charge in [0.1, 0.15) is 18.1 Å². The number of ether oxygens (including phenoxy) is 1. The van der Waals surface area contributed by atoms with E-state index in [9.17, 15) is 9.59 Å². The fourth-order valence-electron chi connectivity index (χ4n) is 4.34. The van der Waals surface area contributed by atoms with Crippen molar-refractivity contribution in [2.45, 2.75) is 72.0 Å². The minimum Gasteiger partial charge on any atom is -0.497 e. The summed E-state index contributed by atoms with van der Waals surface area (Å²) < 4.78 is 7.24. The lowest BCUT2D eigenvalue weighted by Crippen LogP contribution is -2.45. The van der Waals surface area contributed by atoms with E-state index in [2.05, 4.69) is 33.0 Å². The van der Waals surface area contributed by atoms with E-state index < -0.39 is 0 Å². The second-order valence-corrected chi connectivity index (χ2v) is 9.01. The SMILES string of the molecule is CCC(C)N(C(=O)Cn1c(CCCNC(=O)c2cccc(OC)c2)nc2ccccc21)C(C)CC. The molecule has 2 amide bonds. The number of rotatable bonds is 12.